The van der Waals surface area contributed by atoms with E-state index in [2.05, 4.69) is 33.4 Å². The number of hydrogen-bond acceptors (Lipinski definition) is 8. The molecule has 36 heavy (non-hydrogen) atoms. The number of esters is 1. The number of aromatic nitrogens is 2. The second-order valence-electron chi connectivity index (χ2n) is 9.63. The predicted molar refractivity (Wildman–Crippen MR) is 135 cm³/mol. The maximum Gasteiger partial charge on any atom is 0.452 e. The summed E-state index contributed by atoms with van der Waals surface area (Å²) in [4.78, 5) is 17.8. The van der Waals surface area contributed by atoms with Crippen molar-refractivity contribution in [2.24, 2.45) is 5.92 Å². The number of anilines is 3. The normalized spacial score (nSPS) is 20.0. The zero-order valence-electron chi connectivity index (χ0n) is 21.1. The number of alkyl halides is 3. The second kappa shape index (κ2) is 12.2. The van der Waals surface area contributed by atoms with Crippen LogP contribution in [0.2, 0.25) is 0 Å². The van der Waals surface area contributed by atoms with Crippen molar-refractivity contribution < 1.29 is 27.8 Å². The molecule has 1 aliphatic rings. The van der Waals surface area contributed by atoms with Crippen molar-refractivity contribution in [2.75, 3.05) is 23.9 Å². The Morgan fingerprint density at radius 3 is 2.56 bits per heavy atom. The van der Waals surface area contributed by atoms with E-state index in [-0.39, 0.29) is 35.6 Å². The lowest BCUT2D eigenvalue weighted by Crippen LogP contribution is -2.42. The minimum Gasteiger partial charge on any atom is -0.469 e. The molecule has 1 aromatic carbocycles. The number of methoxy groups -OCH3 is 1. The van der Waals surface area contributed by atoms with Crippen molar-refractivity contribution in [3.8, 4) is 0 Å². The molecule has 0 saturated heterocycles. The molecule has 2 atom stereocenters. The first kappa shape index (κ1) is 28.2. The van der Waals surface area contributed by atoms with E-state index in [1.165, 1.54) is 7.11 Å². The van der Waals surface area contributed by atoms with Gasteiger partial charge in [-0.1, -0.05) is 33.3 Å². The highest BCUT2D eigenvalue weighted by atomic mass is 32.1. The van der Waals surface area contributed by atoms with Crippen LogP contribution in [0.1, 0.15) is 76.6 Å². The average molecular weight is 529 g/mol. The van der Waals surface area contributed by atoms with Crippen LogP contribution in [0.3, 0.4) is 0 Å². The number of benzene rings is 1. The molecular weight excluding hydrogens is 493 g/mol. The summed E-state index contributed by atoms with van der Waals surface area (Å²) < 4.78 is 47.6. The molecule has 1 aromatic heterocycles. The van der Waals surface area contributed by atoms with Crippen LogP contribution in [0.25, 0.3) is 0 Å². The number of carbonyl (C=O) groups excluding carboxylic acids is 1. The smallest absolute Gasteiger partial charge is 0.452 e. The summed E-state index contributed by atoms with van der Waals surface area (Å²) in [6.07, 6.45) is -0.677. The van der Waals surface area contributed by atoms with E-state index in [1.54, 1.807) is 0 Å². The molecular formula is C25H35F3N4O3S. The van der Waals surface area contributed by atoms with Gasteiger partial charge in [0.15, 0.2) is 0 Å². The van der Waals surface area contributed by atoms with Crippen molar-refractivity contribution >= 4 is 34.0 Å². The Hall–Kier alpha value is -2.40. The fourth-order valence-electron chi connectivity index (χ4n) is 4.45. The van der Waals surface area contributed by atoms with Crippen molar-refractivity contribution in [2.45, 2.75) is 83.5 Å². The van der Waals surface area contributed by atoms with Gasteiger partial charge < -0.3 is 20.1 Å². The van der Waals surface area contributed by atoms with E-state index in [0.717, 1.165) is 37.1 Å². The standard InChI is InChI=1S/C25H35F3N4O3S/c1-5-15(2)14-32(18-7-9-19(33)10-8-18)21-11-6-17(16(3)12-22(34)35-4)13-20(21)29-24-30-23(31-36-24)25(26,27)28/h6,11,13,15-16,18-19,33H,5,7-10,12,14H2,1-4H3,(H,29,30,31)/t15?,16-,18?,19?/m1/s1. The van der Waals surface area contributed by atoms with Gasteiger partial charge in [-0.15, -0.1) is 0 Å². The first-order valence-corrected chi connectivity index (χ1v) is 13.1. The zero-order valence-corrected chi connectivity index (χ0v) is 22.0. The maximum atomic E-state index is 13.1. The van der Waals surface area contributed by atoms with Gasteiger partial charge in [0.05, 0.1) is 31.0 Å². The summed E-state index contributed by atoms with van der Waals surface area (Å²) in [5.41, 5.74) is 2.33. The maximum absolute atomic E-state index is 13.1. The lowest BCUT2D eigenvalue weighted by Gasteiger charge is -2.40. The van der Waals surface area contributed by atoms with Gasteiger partial charge in [-0.05, 0) is 55.2 Å². The quantitative estimate of drug-likeness (QED) is 0.359. The third-order valence-electron chi connectivity index (χ3n) is 6.83. The summed E-state index contributed by atoms with van der Waals surface area (Å²) in [7, 11) is 1.34. The van der Waals surface area contributed by atoms with Gasteiger partial charge in [0, 0.05) is 24.1 Å². The fourth-order valence-corrected chi connectivity index (χ4v) is 5.05. The third-order valence-corrected chi connectivity index (χ3v) is 7.46. The molecule has 1 heterocycles. The molecule has 0 bridgehead atoms. The molecule has 200 valence electrons. The van der Waals surface area contributed by atoms with Crippen molar-refractivity contribution in [1.82, 2.24) is 9.36 Å². The number of ether oxygens (including phenoxy) is 1. The number of rotatable bonds is 10. The molecule has 3 rings (SSSR count). The largest absolute Gasteiger partial charge is 0.469 e. The fraction of sp³-hybridized carbons (Fsp3) is 0.640. The minimum atomic E-state index is -4.62. The monoisotopic (exact) mass is 528 g/mol. The van der Waals surface area contributed by atoms with E-state index in [9.17, 15) is 23.1 Å². The number of aliphatic hydroxyl groups excluding tert-OH is 1. The minimum absolute atomic E-state index is 0.0453. The van der Waals surface area contributed by atoms with Crippen LogP contribution in [-0.4, -0.2) is 46.2 Å². The number of nitrogens with one attached hydrogen (secondary N) is 1. The molecule has 1 aliphatic carbocycles. The Kier molecular flexibility index (Phi) is 9.57. The summed E-state index contributed by atoms with van der Waals surface area (Å²) in [6.45, 7) is 6.98. The van der Waals surface area contributed by atoms with Gasteiger partial charge in [-0.2, -0.15) is 22.5 Å². The van der Waals surface area contributed by atoms with Gasteiger partial charge in [0.1, 0.15) is 0 Å². The van der Waals surface area contributed by atoms with Gasteiger partial charge in [0.2, 0.25) is 11.0 Å². The lowest BCUT2D eigenvalue weighted by molar-refractivity contribution is -0.144. The van der Waals surface area contributed by atoms with Gasteiger partial charge in [-0.3, -0.25) is 4.79 Å². The highest BCUT2D eigenvalue weighted by Crippen LogP contribution is 2.38. The Morgan fingerprint density at radius 2 is 1.97 bits per heavy atom. The first-order chi connectivity index (χ1) is 17.0. The highest BCUT2D eigenvalue weighted by molar-refractivity contribution is 7.09. The molecule has 11 heteroatoms. The van der Waals surface area contributed by atoms with E-state index in [4.69, 9.17) is 4.74 Å². The van der Waals surface area contributed by atoms with Crippen LogP contribution < -0.4 is 10.2 Å². The summed E-state index contributed by atoms with van der Waals surface area (Å²) in [6, 6.07) is 5.99. The van der Waals surface area contributed by atoms with Gasteiger partial charge in [0.25, 0.3) is 0 Å². The lowest BCUT2D eigenvalue weighted by atomic mass is 9.90. The molecule has 1 saturated carbocycles. The number of nitrogens with zero attached hydrogens (tertiary/aromatic N) is 3. The van der Waals surface area contributed by atoms with Crippen molar-refractivity contribution in [3.63, 3.8) is 0 Å². The Bertz CT molecular complexity index is 1010. The van der Waals surface area contributed by atoms with Crippen LogP contribution in [0.5, 0.6) is 0 Å². The summed E-state index contributed by atoms with van der Waals surface area (Å²) in [5.74, 6) is -1.27. The van der Waals surface area contributed by atoms with Crippen LogP contribution in [0, 0.1) is 5.92 Å². The van der Waals surface area contributed by atoms with Crippen LogP contribution in [-0.2, 0) is 15.7 Å². The van der Waals surface area contributed by atoms with Crippen molar-refractivity contribution in [1.29, 1.82) is 0 Å². The van der Waals surface area contributed by atoms with Gasteiger partial charge in [-0.25, -0.2) is 0 Å². The summed E-state index contributed by atoms with van der Waals surface area (Å²) in [5, 5.41) is 13.2. The van der Waals surface area contributed by atoms with Crippen LogP contribution in [0.15, 0.2) is 18.2 Å². The van der Waals surface area contributed by atoms with E-state index < -0.39 is 12.0 Å². The van der Waals surface area contributed by atoms with E-state index in [1.807, 2.05) is 25.1 Å². The number of hydrogen-bond donors (Lipinski definition) is 2. The highest BCUT2D eigenvalue weighted by Gasteiger charge is 2.36. The SMILES string of the molecule is CCC(C)CN(c1ccc([C@H](C)CC(=O)OC)cc1Nc1nc(C(F)(F)F)ns1)C1CCC(O)CC1. The molecule has 0 amide bonds. The Labute approximate surface area is 214 Å². The predicted octanol–water partition coefficient (Wildman–Crippen LogP) is 6.12. The first-order valence-electron chi connectivity index (χ1n) is 12.3. The number of aliphatic hydroxyl groups is 1. The Balaban J connectivity index is 2.01. The summed E-state index contributed by atoms with van der Waals surface area (Å²) >= 11 is 0.657. The van der Waals surface area contributed by atoms with Crippen molar-refractivity contribution in [3.05, 3.63) is 29.6 Å². The van der Waals surface area contributed by atoms with E-state index >= 15 is 0 Å². The molecule has 2 aromatic rings. The van der Waals surface area contributed by atoms with Crippen LogP contribution in [0.4, 0.5) is 29.7 Å². The molecule has 0 aliphatic heterocycles. The zero-order chi connectivity index (χ0) is 26.5. The molecule has 2 N–H and O–H groups in total. The molecule has 7 nitrogen and oxygen atoms in total. The average Bonchev–Trinajstić information content (AvgIpc) is 3.32. The van der Waals surface area contributed by atoms with Gasteiger partial charge >= 0.3 is 12.1 Å². The number of carbonyl (C=O) groups is 1. The molecule has 1 fully saturated rings. The number of halogens is 3. The topological polar surface area (TPSA) is 87.6 Å². The van der Waals surface area contributed by atoms with E-state index in [0.29, 0.717) is 36.0 Å². The molecule has 0 spiro atoms. The molecule has 0 radical (unpaired) electrons. The second-order valence-corrected chi connectivity index (χ2v) is 10.4. The van der Waals surface area contributed by atoms with Crippen LogP contribution >= 0.6 is 11.5 Å². The molecule has 1 unspecified atom stereocenters. The Morgan fingerprint density at radius 1 is 1.28 bits per heavy atom. The third kappa shape index (κ3) is 7.32.